The van der Waals surface area contributed by atoms with Gasteiger partial charge in [0.2, 0.25) is 5.95 Å². The maximum absolute atomic E-state index is 11.6. The van der Waals surface area contributed by atoms with Gasteiger partial charge in [0, 0.05) is 30.8 Å². The molecule has 2 aromatic rings. The molecule has 0 unspecified atom stereocenters. The SMILES string of the molecule is NC(=O)c1cnc(Nc2ccc3c(c2)CCC(=O)C3)nc1NC1CCC1. The van der Waals surface area contributed by atoms with Crippen LogP contribution in [-0.4, -0.2) is 27.7 Å². The molecule has 26 heavy (non-hydrogen) atoms. The first-order valence-corrected chi connectivity index (χ1v) is 8.92. The second-order valence-electron chi connectivity index (χ2n) is 6.92. The Bertz CT molecular complexity index is 876. The van der Waals surface area contributed by atoms with Gasteiger partial charge in [0.1, 0.15) is 11.6 Å². The van der Waals surface area contributed by atoms with Gasteiger partial charge in [-0.1, -0.05) is 6.07 Å². The molecule has 0 bridgehead atoms. The Morgan fingerprint density at radius 2 is 2.04 bits per heavy atom. The number of carbonyl (C=O) groups excluding carboxylic acids is 2. The number of aryl methyl sites for hydroxylation is 1. The number of nitrogens with zero attached hydrogens (tertiary/aromatic N) is 2. The number of hydrogen-bond donors (Lipinski definition) is 3. The van der Waals surface area contributed by atoms with Gasteiger partial charge in [-0.15, -0.1) is 0 Å². The van der Waals surface area contributed by atoms with Crippen LogP contribution in [0.3, 0.4) is 0 Å². The number of ketones is 1. The van der Waals surface area contributed by atoms with E-state index in [0.29, 0.717) is 36.2 Å². The average molecular weight is 351 g/mol. The Morgan fingerprint density at radius 3 is 2.77 bits per heavy atom. The van der Waals surface area contributed by atoms with Crippen molar-refractivity contribution in [3.05, 3.63) is 41.1 Å². The minimum Gasteiger partial charge on any atom is -0.367 e. The number of nitrogens with one attached hydrogen (secondary N) is 2. The predicted octanol–water partition coefficient (Wildman–Crippen LogP) is 2.34. The minimum atomic E-state index is -0.545. The highest BCUT2D eigenvalue weighted by Crippen LogP contribution is 2.27. The number of carbonyl (C=O) groups is 2. The van der Waals surface area contributed by atoms with Gasteiger partial charge < -0.3 is 16.4 Å². The van der Waals surface area contributed by atoms with Crippen LogP contribution in [0.15, 0.2) is 24.4 Å². The second-order valence-corrected chi connectivity index (χ2v) is 6.92. The number of hydrogen-bond acceptors (Lipinski definition) is 6. The number of Topliss-reactive ketones (excluding diaryl/α,β-unsaturated/α-hetero) is 1. The molecule has 0 aliphatic heterocycles. The first kappa shape index (κ1) is 16.5. The standard InChI is InChI=1S/C19H21N5O2/c20-17(26)16-10-21-19(24-18(16)22-13-2-1-3-13)23-14-6-4-12-9-15(25)7-5-11(12)8-14/h4,6,8,10,13H,1-3,5,7,9H2,(H2,20,26)(H2,21,22,23,24). The summed E-state index contributed by atoms with van der Waals surface area (Å²) in [5.74, 6) is 0.624. The predicted molar refractivity (Wildman–Crippen MR) is 98.6 cm³/mol. The molecule has 0 radical (unpaired) electrons. The highest BCUT2D eigenvalue weighted by atomic mass is 16.1. The number of nitrogens with two attached hydrogens (primary N) is 1. The Kier molecular flexibility index (Phi) is 4.28. The molecule has 1 aromatic carbocycles. The molecule has 1 amide bonds. The smallest absolute Gasteiger partial charge is 0.254 e. The van der Waals surface area contributed by atoms with E-state index in [-0.39, 0.29) is 5.78 Å². The van der Waals surface area contributed by atoms with Gasteiger partial charge in [-0.2, -0.15) is 4.98 Å². The molecule has 0 atom stereocenters. The van der Waals surface area contributed by atoms with E-state index < -0.39 is 5.91 Å². The molecule has 4 rings (SSSR count). The number of fused-ring (bicyclic) bond motifs is 1. The third-order valence-corrected chi connectivity index (χ3v) is 5.02. The van der Waals surface area contributed by atoms with Crippen molar-refractivity contribution >= 4 is 29.1 Å². The van der Waals surface area contributed by atoms with Crippen LogP contribution in [0.4, 0.5) is 17.5 Å². The molecule has 134 valence electrons. The van der Waals surface area contributed by atoms with E-state index in [9.17, 15) is 9.59 Å². The number of aromatic nitrogens is 2. The van der Waals surface area contributed by atoms with Gasteiger partial charge in [-0.05, 0) is 48.9 Å². The Balaban J connectivity index is 1.56. The van der Waals surface area contributed by atoms with Crippen molar-refractivity contribution in [1.82, 2.24) is 9.97 Å². The van der Waals surface area contributed by atoms with Gasteiger partial charge in [0.25, 0.3) is 5.91 Å². The molecule has 1 heterocycles. The van der Waals surface area contributed by atoms with Crippen molar-refractivity contribution in [2.45, 2.75) is 44.6 Å². The van der Waals surface area contributed by atoms with E-state index >= 15 is 0 Å². The van der Waals surface area contributed by atoms with Crippen LogP contribution < -0.4 is 16.4 Å². The van der Waals surface area contributed by atoms with Crippen LogP contribution in [-0.2, 0) is 17.6 Å². The molecule has 4 N–H and O–H groups in total. The normalized spacial score (nSPS) is 16.5. The lowest BCUT2D eigenvalue weighted by Gasteiger charge is -2.27. The first-order chi connectivity index (χ1) is 12.6. The van der Waals surface area contributed by atoms with Crippen LogP contribution in [0.25, 0.3) is 0 Å². The summed E-state index contributed by atoms with van der Waals surface area (Å²) in [4.78, 5) is 31.8. The van der Waals surface area contributed by atoms with E-state index in [0.717, 1.165) is 30.5 Å². The summed E-state index contributed by atoms with van der Waals surface area (Å²) in [6, 6.07) is 6.26. The van der Waals surface area contributed by atoms with Crippen molar-refractivity contribution in [2.24, 2.45) is 5.73 Å². The quantitative estimate of drug-likeness (QED) is 0.763. The van der Waals surface area contributed by atoms with E-state index in [1.165, 1.54) is 18.2 Å². The van der Waals surface area contributed by atoms with Crippen molar-refractivity contribution in [3.8, 4) is 0 Å². The molecular weight excluding hydrogens is 330 g/mol. The van der Waals surface area contributed by atoms with Crippen LogP contribution in [0, 0.1) is 0 Å². The van der Waals surface area contributed by atoms with Crippen molar-refractivity contribution in [1.29, 1.82) is 0 Å². The van der Waals surface area contributed by atoms with Crippen molar-refractivity contribution in [3.63, 3.8) is 0 Å². The second kappa shape index (κ2) is 6.74. The fraction of sp³-hybridized carbons (Fsp3) is 0.368. The topological polar surface area (TPSA) is 110 Å². The summed E-state index contributed by atoms with van der Waals surface area (Å²) >= 11 is 0. The molecule has 1 fully saturated rings. The maximum atomic E-state index is 11.6. The zero-order valence-electron chi connectivity index (χ0n) is 14.4. The van der Waals surface area contributed by atoms with Crippen LogP contribution in [0.1, 0.15) is 47.2 Å². The van der Waals surface area contributed by atoms with E-state index in [2.05, 4.69) is 20.6 Å². The number of anilines is 3. The number of primary amides is 1. The summed E-state index contributed by atoms with van der Waals surface area (Å²) in [6.45, 7) is 0. The van der Waals surface area contributed by atoms with Gasteiger partial charge in [-0.3, -0.25) is 9.59 Å². The largest absolute Gasteiger partial charge is 0.367 e. The van der Waals surface area contributed by atoms with Gasteiger partial charge in [0.05, 0.1) is 5.56 Å². The van der Waals surface area contributed by atoms with Crippen molar-refractivity contribution in [2.75, 3.05) is 10.6 Å². The molecule has 7 heteroatoms. The molecular formula is C19H21N5O2. The lowest BCUT2D eigenvalue weighted by Crippen LogP contribution is -2.29. The number of benzene rings is 1. The zero-order chi connectivity index (χ0) is 18.1. The average Bonchev–Trinajstić information content (AvgIpc) is 2.58. The van der Waals surface area contributed by atoms with Gasteiger partial charge in [-0.25, -0.2) is 4.98 Å². The Morgan fingerprint density at radius 1 is 1.19 bits per heavy atom. The van der Waals surface area contributed by atoms with Crippen LogP contribution in [0.5, 0.6) is 0 Å². The lowest BCUT2D eigenvalue weighted by atomic mass is 9.90. The fourth-order valence-corrected chi connectivity index (χ4v) is 3.29. The summed E-state index contributed by atoms with van der Waals surface area (Å²) in [5.41, 5.74) is 8.86. The number of rotatable bonds is 5. The molecule has 1 saturated carbocycles. The summed E-state index contributed by atoms with van der Waals surface area (Å²) in [7, 11) is 0. The third-order valence-electron chi connectivity index (χ3n) is 5.02. The van der Waals surface area contributed by atoms with Gasteiger partial charge in [0.15, 0.2) is 0 Å². The van der Waals surface area contributed by atoms with E-state index in [1.807, 2.05) is 18.2 Å². The third kappa shape index (κ3) is 3.37. The molecule has 2 aliphatic rings. The minimum absolute atomic E-state index is 0.287. The Labute approximate surface area is 151 Å². The lowest BCUT2D eigenvalue weighted by molar-refractivity contribution is -0.118. The number of amides is 1. The summed E-state index contributed by atoms with van der Waals surface area (Å²) in [5, 5.41) is 6.46. The van der Waals surface area contributed by atoms with E-state index in [4.69, 9.17) is 5.73 Å². The first-order valence-electron chi connectivity index (χ1n) is 8.92. The maximum Gasteiger partial charge on any atom is 0.254 e. The van der Waals surface area contributed by atoms with E-state index in [1.54, 1.807) is 0 Å². The summed E-state index contributed by atoms with van der Waals surface area (Å²) < 4.78 is 0. The monoisotopic (exact) mass is 351 g/mol. The summed E-state index contributed by atoms with van der Waals surface area (Å²) in [6.07, 6.45) is 6.63. The molecule has 2 aliphatic carbocycles. The van der Waals surface area contributed by atoms with Gasteiger partial charge >= 0.3 is 0 Å². The molecule has 0 saturated heterocycles. The molecule has 0 spiro atoms. The van der Waals surface area contributed by atoms with Crippen molar-refractivity contribution < 1.29 is 9.59 Å². The highest BCUT2D eigenvalue weighted by molar-refractivity contribution is 5.97. The Hall–Kier alpha value is -2.96. The van der Waals surface area contributed by atoms with Crippen LogP contribution >= 0.6 is 0 Å². The fourth-order valence-electron chi connectivity index (χ4n) is 3.29. The van der Waals surface area contributed by atoms with Crippen LogP contribution in [0.2, 0.25) is 0 Å². The zero-order valence-corrected chi connectivity index (χ0v) is 14.4. The highest BCUT2D eigenvalue weighted by Gasteiger charge is 2.21. The molecule has 7 nitrogen and oxygen atoms in total. The molecule has 1 aromatic heterocycles.